The van der Waals surface area contributed by atoms with Gasteiger partial charge in [-0.1, -0.05) is 19.3 Å². The van der Waals surface area contributed by atoms with E-state index in [1.165, 1.54) is 43.2 Å². The molecule has 0 bridgehead atoms. The Hall–Kier alpha value is -2.67. The molecule has 1 atom stereocenters. The van der Waals surface area contributed by atoms with Crippen molar-refractivity contribution in [3.63, 3.8) is 0 Å². The molecule has 2 aromatic rings. The van der Waals surface area contributed by atoms with Crippen molar-refractivity contribution in [1.29, 1.82) is 0 Å². The summed E-state index contributed by atoms with van der Waals surface area (Å²) in [6.07, 6.45) is 7.11. The molecule has 1 heterocycles. The lowest BCUT2D eigenvalue weighted by Gasteiger charge is -2.40. The number of hydrogen-bond donors (Lipinski definition) is 1. The molecule has 33 heavy (non-hydrogen) atoms. The predicted molar refractivity (Wildman–Crippen MR) is 134 cm³/mol. The second kappa shape index (κ2) is 11.0. The summed E-state index contributed by atoms with van der Waals surface area (Å²) in [6, 6.07) is 12.3. The lowest BCUT2D eigenvalue weighted by molar-refractivity contribution is 0.185. The molecule has 0 aromatic heterocycles. The highest BCUT2D eigenvalue weighted by atomic mass is 32.1. The number of thiocarbonyl (C=S) groups is 1. The molecule has 0 radical (unpaired) electrons. The first-order chi connectivity index (χ1) is 16.1. The van der Waals surface area contributed by atoms with Gasteiger partial charge in [0.2, 0.25) is 0 Å². The van der Waals surface area contributed by atoms with Crippen molar-refractivity contribution in [1.82, 2.24) is 10.2 Å². The van der Waals surface area contributed by atoms with E-state index < -0.39 is 0 Å². The molecule has 2 aromatic carbocycles. The summed E-state index contributed by atoms with van der Waals surface area (Å²) in [7, 11) is 5.00. The quantitative estimate of drug-likeness (QED) is 0.578. The van der Waals surface area contributed by atoms with Crippen molar-refractivity contribution < 1.29 is 18.9 Å². The molecule has 2 aliphatic rings. The van der Waals surface area contributed by atoms with E-state index in [9.17, 15) is 0 Å². The summed E-state index contributed by atoms with van der Waals surface area (Å²) in [6.45, 7) is 1.30. The molecule has 0 spiro atoms. The monoisotopic (exact) mass is 470 g/mol. The number of hydrogen-bond acceptors (Lipinski definition) is 5. The first-order valence-electron chi connectivity index (χ1n) is 11.7. The van der Waals surface area contributed by atoms with E-state index in [0.29, 0.717) is 12.6 Å². The topological polar surface area (TPSA) is 52.2 Å². The highest BCUT2D eigenvalue weighted by molar-refractivity contribution is 7.80. The fraction of sp³-hybridized carbons (Fsp3) is 0.500. The van der Waals surface area contributed by atoms with Crippen LogP contribution < -0.4 is 24.3 Å². The minimum absolute atomic E-state index is 0.0285. The van der Waals surface area contributed by atoms with Gasteiger partial charge in [-0.15, -0.1) is 0 Å². The van der Waals surface area contributed by atoms with Gasteiger partial charge in [-0.05, 0) is 79.0 Å². The van der Waals surface area contributed by atoms with Crippen LogP contribution in [-0.2, 0) is 6.42 Å². The average Bonchev–Trinajstić information content (AvgIpc) is 2.87. The average molecular weight is 471 g/mol. The molecular formula is C26H34N2O4S. The molecule has 6 nitrogen and oxygen atoms in total. The molecule has 7 heteroatoms. The van der Waals surface area contributed by atoms with Gasteiger partial charge in [0.25, 0.3) is 0 Å². The Bertz CT molecular complexity index is 944. The van der Waals surface area contributed by atoms with Crippen LogP contribution in [0.1, 0.15) is 49.3 Å². The van der Waals surface area contributed by atoms with E-state index in [1.54, 1.807) is 21.3 Å². The zero-order chi connectivity index (χ0) is 23.2. The van der Waals surface area contributed by atoms with Crippen LogP contribution in [0.2, 0.25) is 0 Å². The first kappa shape index (κ1) is 23.5. The fourth-order valence-corrected chi connectivity index (χ4v) is 5.19. The molecule has 4 rings (SSSR count). The van der Waals surface area contributed by atoms with Gasteiger partial charge in [-0.2, -0.15) is 0 Å². The van der Waals surface area contributed by atoms with E-state index in [4.69, 9.17) is 31.2 Å². The van der Waals surface area contributed by atoms with E-state index >= 15 is 0 Å². The Morgan fingerprint density at radius 1 is 0.939 bits per heavy atom. The van der Waals surface area contributed by atoms with Crippen LogP contribution in [-0.4, -0.2) is 50.5 Å². The molecule has 1 aliphatic heterocycles. The largest absolute Gasteiger partial charge is 0.497 e. The van der Waals surface area contributed by atoms with Gasteiger partial charge < -0.3 is 29.2 Å². The predicted octanol–water partition coefficient (Wildman–Crippen LogP) is 4.90. The third kappa shape index (κ3) is 5.46. The standard InChI is InChI=1S/C26H34N2O4S/c1-29-20-9-11-21(12-10-20)32-17-23-22-16-25(31-3)24(30-2)15-18(22)13-14-28(23)26(33)27-19-7-5-4-6-8-19/h9-12,15-16,19,23H,4-8,13-14,17H2,1-3H3,(H,27,33)/t23-/m1/s1. The number of benzene rings is 2. The number of rotatable bonds is 7. The third-order valence-electron chi connectivity index (χ3n) is 6.66. The summed E-state index contributed by atoms with van der Waals surface area (Å²) in [5.41, 5.74) is 2.41. The maximum Gasteiger partial charge on any atom is 0.169 e. The number of nitrogens with one attached hydrogen (secondary N) is 1. The molecule has 178 valence electrons. The van der Waals surface area contributed by atoms with E-state index in [-0.39, 0.29) is 6.04 Å². The highest BCUT2D eigenvalue weighted by Gasteiger charge is 2.32. The second-order valence-electron chi connectivity index (χ2n) is 8.64. The zero-order valence-electron chi connectivity index (χ0n) is 19.8. The Morgan fingerprint density at radius 3 is 2.27 bits per heavy atom. The number of fused-ring (bicyclic) bond motifs is 1. The molecule has 1 fully saturated rings. The van der Waals surface area contributed by atoms with Gasteiger partial charge in [-0.25, -0.2) is 0 Å². The van der Waals surface area contributed by atoms with Gasteiger partial charge in [0.15, 0.2) is 16.6 Å². The lowest BCUT2D eigenvalue weighted by Crippen LogP contribution is -2.50. The van der Waals surface area contributed by atoms with E-state index in [1.807, 2.05) is 24.3 Å². The van der Waals surface area contributed by atoms with Gasteiger partial charge >= 0.3 is 0 Å². The minimum atomic E-state index is -0.0285. The third-order valence-corrected chi connectivity index (χ3v) is 7.02. The molecular weight excluding hydrogens is 436 g/mol. The van der Waals surface area contributed by atoms with Crippen LogP contribution >= 0.6 is 12.2 Å². The van der Waals surface area contributed by atoms with Crippen molar-refractivity contribution in [3.8, 4) is 23.0 Å². The summed E-state index contributed by atoms with van der Waals surface area (Å²) in [5, 5.41) is 4.45. The molecule has 1 N–H and O–H groups in total. The van der Waals surface area contributed by atoms with Crippen molar-refractivity contribution in [2.75, 3.05) is 34.5 Å². The molecule has 0 unspecified atom stereocenters. The van der Waals surface area contributed by atoms with Crippen LogP contribution in [0.15, 0.2) is 36.4 Å². The van der Waals surface area contributed by atoms with Gasteiger partial charge in [0.05, 0.1) is 27.4 Å². The number of methoxy groups -OCH3 is 3. The molecule has 1 saturated carbocycles. The Labute approximate surface area is 202 Å². The Balaban J connectivity index is 1.58. The smallest absolute Gasteiger partial charge is 0.169 e. The maximum absolute atomic E-state index is 6.25. The normalized spacial score (nSPS) is 18.3. The highest BCUT2D eigenvalue weighted by Crippen LogP contribution is 2.38. The van der Waals surface area contributed by atoms with Crippen LogP contribution in [0, 0.1) is 0 Å². The molecule has 0 saturated heterocycles. The molecule has 0 amide bonds. The van der Waals surface area contributed by atoms with Crippen molar-refractivity contribution in [3.05, 3.63) is 47.5 Å². The second-order valence-corrected chi connectivity index (χ2v) is 9.02. The van der Waals surface area contributed by atoms with Crippen molar-refractivity contribution >= 4 is 17.3 Å². The van der Waals surface area contributed by atoms with Crippen LogP contribution in [0.3, 0.4) is 0 Å². The number of ether oxygens (including phenoxy) is 4. The van der Waals surface area contributed by atoms with E-state index in [2.05, 4.69) is 22.3 Å². The van der Waals surface area contributed by atoms with Gasteiger partial charge in [0.1, 0.15) is 18.1 Å². The first-order valence-corrected chi connectivity index (χ1v) is 12.1. The number of nitrogens with zero attached hydrogens (tertiary/aromatic N) is 1. The van der Waals surface area contributed by atoms with Crippen LogP contribution in [0.4, 0.5) is 0 Å². The maximum atomic E-state index is 6.25. The van der Waals surface area contributed by atoms with Gasteiger partial charge in [0, 0.05) is 12.6 Å². The Morgan fingerprint density at radius 2 is 1.61 bits per heavy atom. The Kier molecular flexibility index (Phi) is 7.81. The SMILES string of the molecule is COc1ccc(OC[C@@H]2c3cc(OC)c(OC)cc3CCN2C(=S)NC2CCCCC2)cc1. The van der Waals surface area contributed by atoms with Crippen LogP contribution in [0.25, 0.3) is 0 Å². The minimum Gasteiger partial charge on any atom is -0.497 e. The molecule has 1 aliphatic carbocycles. The van der Waals surface area contributed by atoms with Crippen LogP contribution in [0.5, 0.6) is 23.0 Å². The van der Waals surface area contributed by atoms with Crippen molar-refractivity contribution in [2.24, 2.45) is 0 Å². The summed E-state index contributed by atoms with van der Waals surface area (Å²) in [4.78, 5) is 2.28. The summed E-state index contributed by atoms with van der Waals surface area (Å²) < 4.78 is 22.7. The zero-order valence-corrected chi connectivity index (χ0v) is 20.6. The summed E-state index contributed by atoms with van der Waals surface area (Å²) in [5.74, 6) is 3.08. The summed E-state index contributed by atoms with van der Waals surface area (Å²) >= 11 is 5.92. The lowest BCUT2D eigenvalue weighted by atomic mass is 9.92. The van der Waals surface area contributed by atoms with E-state index in [0.717, 1.165) is 41.1 Å². The van der Waals surface area contributed by atoms with Crippen molar-refractivity contribution in [2.45, 2.75) is 50.6 Å². The fourth-order valence-electron chi connectivity index (χ4n) is 4.80. The van der Waals surface area contributed by atoms with Gasteiger partial charge in [-0.3, -0.25) is 0 Å².